The van der Waals surface area contributed by atoms with Gasteiger partial charge in [0.1, 0.15) is 11.9 Å². The molecule has 5 nitrogen and oxygen atoms in total. The average Bonchev–Trinajstić information content (AvgIpc) is 3.00. The summed E-state index contributed by atoms with van der Waals surface area (Å²) in [4.78, 5) is 23.8. The van der Waals surface area contributed by atoms with Gasteiger partial charge in [-0.25, -0.2) is 0 Å². The smallest absolute Gasteiger partial charge is 0.178 e. The van der Waals surface area contributed by atoms with E-state index in [1.165, 1.54) is 135 Å². The van der Waals surface area contributed by atoms with Crippen molar-refractivity contribution in [3.05, 3.63) is 12.2 Å². The summed E-state index contributed by atoms with van der Waals surface area (Å²) in [5, 5.41) is 17.9. The van der Waals surface area contributed by atoms with Gasteiger partial charge in [-0.3, -0.25) is 9.59 Å². The van der Waals surface area contributed by atoms with E-state index in [-0.39, 0.29) is 27.5 Å². The number of Topliss-reactive ketones (excluding diaryl/α,β-unsaturated/α-hetero) is 1. The third-order valence-corrected chi connectivity index (χ3v) is 9.04. The molecule has 0 aliphatic rings. The van der Waals surface area contributed by atoms with Crippen molar-refractivity contribution in [3.63, 3.8) is 0 Å². The van der Waals surface area contributed by atoms with E-state index in [2.05, 4.69) is 19.1 Å². The second kappa shape index (κ2) is 35.9. The first-order valence-electron chi connectivity index (χ1n) is 18.5. The minimum absolute atomic E-state index is 0.0248. The molecule has 2 atom stereocenters. The van der Waals surface area contributed by atoms with Crippen LogP contribution in [0.15, 0.2) is 12.2 Å². The standard InChI is InChI=1S/C37H71O5P/c1-2-3-4-5-6-7-8-12-15-18-21-24-27-30-35(39)31-28-25-22-19-16-13-10-9-11-14-17-20-23-26-29-32-37(41)43-42-34-36(40)33-38/h9,11,36,38,40,43H,2-8,10,12-34H2,1H3/b11-9-. The van der Waals surface area contributed by atoms with Gasteiger partial charge in [0.05, 0.1) is 22.0 Å². The number of allylic oxidation sites excluding steroid dienone is 2. The Morgan fingerprint density at radius 3 is 1.37 bits per heavy atom. The zero-order valence-corrected chi connectivity index (χ0v) is 29.3. The average molecular weight is 627 g/mol. The lowest BCUT2D eigenvalue weighted by atomic mass is 10.0. The maximum Gasteiger partial charge on any atom is 0.178 e. The molecule has 2 unspecified atom stereocenters. The molecule has 0 heterocycles. The van der Waals surface area contributed by atoms with Crippen molar-refractivity contribution in [2.45, 2.75) is 199 Å². The first kappa shape index (κ1) is 42.4. The maximum atomic E-state index is 12.1. The first-order chi connectivity index (χ1) is 21.1. The van der Waals surface area contributed by atoms with Gasteiger partial charge in [-0.2, -0.15) is 0 Å². The number of aliphatic hydroxyl groups excluding tert-OH is 2. The summed E-state index contributed by atoms with van der Waals surface area (Å²) < 4.78 is 5.12. The molecule has 0 amide bonds. The van der Waals surface area contributed by atoms with Crippen LogP contribution in [0.1, 0.15) is 193 Å². The van der Waals surface area contributed by atoms with Crippen molar-refractivity contribution in [1.82, 2.24) is 0 Å². The van der Waals surface area contributed by atoms with E-state index < -0.39 is 6.10 Å². The molecule has 6 heteroatoms. The highest BCUT2D eigenvalue weighted by Crippen LogP contribution is 2.19. The molecule has 0 bridgehead atoms. The Kier molecular flexibility index (Phi) is 35.4. The highest BCUT2D eigenvalue weighted by Gasteiger charge is 2.06. The van der Waals surface area contributed by atoms with E-state index in [1.807, 2.05) is 0 Å². The molecule has 0 aliphatic carbocycles. The molecule has 0 spiro atoms. The summed E-state index contributed by atoms with van der Waals surface area (Å²) in [6, 6.07) is 0. The normalized spacial score (nSPS) is 12.6. The summed E-state index contributed by atoms with van der Waals surface area (Å²) in [6.07, 6.45) is 38.9. The van der Waals surface area contributed by atoms with Crippen molar-refractivity contribution < 1.29 is 24.3 Å². The lowest BCUT2D eigenvalue weighted by Crippen LogP contribution is -2.17. The second-order valence-electron chi connectivity index (χ2n) is 12.6. The van der Waals surface area contributed by atoms with E-state index in [4.69, 9.17) is 9.63 Å². The monoisotopic (exact) mass is 627 g/mol. The Balaban J connectivity index is 3.26. The van der Waals surface area contributed by atoms with E-state index >= 15 is 0 Å². The van der Waals surface area contributed by atoms with Crippen LogP contribution >= 0.6 is 8.81 Å². The van der Waals surface area contributed by atoms with Gasteiger partial charge in [-0.1, -0.05) is 141 Å². The summed E-state index contributed by atoms with van der Waals surface area (Å²) >= 11 is 0. The number of aliphatic hydroxyl groups is 2. The molecule has 0 aromatic rings. The minimum Gasteiger partial charge on any atom is -0.394 e. The van der Waals surface area contributed by atoms with Crippen LogP contribution in [0, 0.1) is 0 Å². The summed E-state index contributed by atoms with van der Waals surface area (Å²) in [5.74, 6) is 0.488. The third-order valence-electron chi connectivity index (χ3n) is 8.25. The van der Waals surface area contributed by atoms with Crippen molar-refractivity contribution >= 4 is 20.1 Å². The van der Waals surface area contributed by atoms with Gasteiger partial charge in [0.2, 0.25) is 0 Å². The molecular weight excluding hydrogens is 555 g/mol. The predicted molar refractivity (Wildman–Crippen MR) is 186 cm³/mol. The molecule has 254 valence electrons. The van der Waals surface area contributed by atoms with Crippen LogP contribution in [0.25, 0.3) is 0 Å². The first-order valence-corrected chi connectivity index (χ1v) is 19.4. The number of unbranched alkanes of at least 4 members (excludes halogenated alkanes) is 23. The molecule has 0 rings (SSSR count). The van der Waals surface area contributed by atoms with E-state index in [0.29, 0.717) is 12.2 Å². The molecular formula is C37H71O5P. The Morgan fingerprint density at radius 2 is 0.953 bits per heavy atom. The highest BCUT2D eigenvalue weighted by molar-refractivity contribution is 7.53. The lowest BCUT2D eigenvalue weighted by Gasteiger charge is -2.07. The van der Waals surface area contributed by atoms with Crippen molar-refractivity contribution in [3.8, 4) is 0 Å². The fourth-order valence-electron chi connectivity index (χ4n) is 5.39. The largest absolute Gasteiger partial charge is 0.394 e. The molecule has 0 saturated carbocycles. The number of rotatable bonds is 36. The molecule has 0 saturated heterocycles. The molecule has 0 aliphatic heterocycles. The quantitative estimate of drug-likeness (QED) is 0.0411. The van der Waals surface area contributed by atoms with Crippen LogP contribution < -0.4 is 0 Å². The number of carbonyl (C=O) groups is 2. The molecule has 0 aromatic carbocycles. The number of hydrogen-bond donors (Lipinski definition) is 2. The zero-order valence-electron chi connectivity index (χ0n) is 28.3. The fourth-order valence-corrected chi connectivity index (χ4v) is 6.11. The maximum absolute atomic E-state index is 12.1. The second-order valence-corrected chi connectivity index (χ2v) is 13.7. The third kappa shape index (κ3) is 35.7. The van der Waals surface area contributed by atoms with Gasteiger partial charge in [0.15, 0.2) is 5.52 Å². The van der Waals surface area contributed by atoms with Crippen LogP contribution in [0.5, 0.6) is 0 Å². The number of carbonyl (C=O) groups excluding carboxylic acids is 2. The van der Waals surface area contributed by atoms with Crippen LogP contribution in [0.4, 0.5) is 0 Å². The number of hydrogen-bond acceptors (Lipinski definition) is 5. The van der Waals surface area contributed by atoms with Gasteiger partial charge < -0.3 is 14.7 Å². The van der Waals surface area contributed by atoms with E-state index in [1.54, 1.807) is 0 Å². The van der Waals surface area contributed by atoms with Crippen molar-refractivity contribution in [2.24, 2.45) is 0 Å². The highest BCUT2D eigenvalue weighted by atomic mass is 31.1. The SMILES string of the molecule is CCCCCCCCCCCCCCCC(=O)CCCCCCCC/C=C\CCCCCCCC(=O)POCC(O)CO. The Hall–Kier alpha value is -0.610. The number of ketones is 1. The van der Waals surface area contributed by atoms with Crippen LogP contribution in [0.2, 0.25) is 0 Å². The van der Waals surface area contributed by atoms with Crippen LogP contribution in [0.3, 0.4) is 0 Å². The Bertz CT molecular complexity index is 624. The Morgan fingerprint density at radius 1 is 0.581 bits per heavy atom. The van der Waals surface area contributed by atoms with Gasteiger partial charge >= 0.3 is 0 Å². The topological polar surface area (TPSA) is 83.8 Å². The van der Waals surface area contributed by atoms with Crippen molar-refractivity contribution in [2.75, 3.05) is 13.2 Å². The van der Waals surface area contributed by atoms with Gasteiger partial charge in [-0.05, 0) is 44.9 Å². The molecule has 0 radical (unpaired) electrons. The predicted octanol–water partition coefficient (Wildman–Crippen LogP) is 10.9. The summed E-state index contributed by atoms with van der Waals surface area (Å²) in [7, 11) is -0.221. The van der Waals surface area contributed by atoms with Gasteiger partial charge in [-0.15, -0.1) is 0 Å². The Labute approximate surface area is 268 Å². The van der Waals surface area contributed by atoms with Crippen LogP contribution in [-0.4, -0.2) is 40.8 Å². The van der Waals surface area contributed by atoms with E-state index in [9.17, 15) is 14.7 Å². The van der Waals surface area contributed by atoms with E-state index in [0.717, 1.165) is 44.9 Å². The van der Waals surface area contributed by atoms with Crippen molar-refractivity contribution in [1.29, 1.82) is 0 Å². The van der Waals surface area contributed by atoms with Crippen LogP contribution in [-0.2, 0) is 14.1 Å². The molecule has 43 heavy (non-hydrogen) atoms. The zero-order chi connectivity index (χ0) is 31.5. The van der Waals surface area contributed by atoms with Gasteiger partial charge in [0, 0.05) is 19.3 Å². The molecule has 2 N–H and O–H groups in total. The lowest BCUT2D eigenvalue weighted by molar-refractivity contribution is -0.119. The minimum atomic E-state index is -0.892. The summed E-state index contributed by atoms with van der Waals surface area (Å²) in [6.45, 7) is 1.97. The molecule has 0 fully saturated rings. The summed E-state index contributed by atoms with van der Waals surface area (Å²) in [5.41, 5.74) is 0.0959. The fraction of sp³-hybridized carbons (Fsp3) is 0.892. The van der Waals surface area contributed by atoms with Gasteiger partial charge in [0.25, 0.3) is 0 Å². The molecule has 0 aromatic heterocycles.